The van der Waals surface area contributed by atoms with E-state index in [0.29, 0.717) is 32.3 Å². The van der Waals surface area contributed by atoms with Crippen LogP contribution in [0.4, 0.5) is 11.4 Å². The van der Waals surface area contributed by atoms with Crippen molar-refractivity contribution in [2.24, 2.45) is 4.99 Å². The molecule has 158 valence electrons. The van der Waals surface area contributed by atoms with Crippen molar-refractivity contribution in [1.82, 2.24) is 5.32 Å². The molecule has 1 heterocycles. The quantitative estimate of drug-likeness (QED) is 0.227. The molecule has 3 rings (SSSR count). The molecule has 0 amide bonds. The van der Waals surface area contributed by atoms with E-state index in [1.54, 1.807) is 14.2 Å². The summed E-state index contributed by atoms with van der Waals surface area (Å²) in [5.74, 6) is 2.23. The number of hydrogen-bond donors (Lipinski definition) is 3. The highest BCUT2D eigenvalue weighted by molar-refractivity contribution is 14.0. The van der Waals surface area contributed by atoms with Gasteiger partial charge >= 0.3 is 0 Å². The van der Waals surface area contributed by atoms with Crippen LogP contribution in [0.1, 0.15) is 12.0 Å². The number of ether oxygens (including phenoxy) is 3. The van der Waals surface area contributed by atoms with Gasteiger partial charge in [-0.15, -0.1) is 24.0 Å². The van der Waals surface area contributed by atoms with Crippen LogP contribution in [-0.4, -0.2) is 46.5 Å². The summed E-state index contributed by atoms with van der Waals surface area (Å²) < 4.78 is 16.5. The second-order valence-corrected chi connectivity index (χ2v) is 6.38. The molecular weight excluding hydrogens is 483 g/mol. The van der Waals surface area contributed by atoms with Gasteiger partial charge in [0.2, 0.25) is 0 Å². The Hall–Kier alpha value is -2.20. The summed E-state index contributed by atoms with van der Waals surface area (Å²) in [6.07, 6.45) is 0.890. The van der Waals surface area contributed by atoms with E-state index >= 15 is 0 Å². The second-order valence-electron chi connectivity index (χ2n) is 6.38. The number of guanidine groups is 1. The third kappa shape index (κ3) is 7.28. The third-order valence-electron chi connectivity index (χ3n) is 4.28. The van der Waals surface area contributed by atoms with E-state index in [0.717, 1.165) is 35.8 Å². The summed E-state index contributed by atoms with van der Waals surface area (Å²) in [7, 11) is 3.45. The van der Waals surface area contributed by atoms with Gasteiger partial charge in [0.1, 0.15) is 0 Å². The zero-order valence-electron chi connectivity index (χ0n) is 16.9. The van der Waals surface area contributed by atoms with Crippen molar-refractivity contribution in [1.29, 1.82) is 0 Å². The molecule has 0 saturated heterocycles. The Labute approximate surface area is 189 Å². The van der Waals surface area contributed by atoms with E-state index in [1.807, 2.05) is 18.2 Å². The molecular formula is C21H29IN4O3. The fourth-order valence-electron chi connectivity index (χ4n) is 2.78. The highest BCUT2D eigenvalue weighted by Crippen LogP contribution is 2.32. The Morgan fingerprint density at radius 2 is 1.76 bits per heavy atom. The number of rotatable bonds is 7. The molecule has 8 heteroatoms. The number of nitrogens with one attached hydrogen (secondary N) is 3. The Morgan fingerprint density at radius 1 is 1.03 bits per heavy atom. The Kier molecular flexibility index (Phi) is 9.85. The van der Waals surface area contributed by atoms with Crippen molar-refractivity contribution < 1.29 is 14.2 Å². The summed E-state index contributed by atoms with van der Waals surface area (Å²) in [5, 5.41) is 9.92. The van der Waals surface area contributed by atoms with E-state index < -0.39 is 0 Å². The van der Waals surface area contributed by atoms with Gasteiger partial charge < -0.3 is 30.2 Å². The van der Waals surface area contributed by atoms with Gasteiger partial charge in [0.15, 0.2) is 17.5 Å². The molecule has 3 N–H and O–H groups in total. The Morgan fingerprint density at radius 3 is 2.48 bits per heavy atom. The molecule has 0 atom stereocenters. The lowest BCUT2D eigenvalue weighted by Gasteiger charge is -2.14. The van der Waals surface area contributed by atoms with Crippen LogP contribution in [0.2, 0.25) is 0 Å². The van der Waals surface area contributed by atoms with Crippen molar-refractivity contribution >= 4 is 41.3 Å². The minimum absolute atomic E-state index is 0. The lowest BCUT2D eigenvalue weighted by atomic mass is 10.2. The van der Waals surface area contributed by atoms with E-state index in [9.17, 15) is 0 Å². The van der Waals surface area contributed by atoms with Gasteiger partial charge in [-0.3, -0.25) is 4.99 Å². The number of nitrogens with zero attached hydrogens (tertiary/aromatic N) is 1. The highest BCUT2D eigenvalue weighted by Gasteiger charge is 2.11. The number of halogens is 1. The molecule has 0 radical (unpaired) electrons. The number of anilines is 2. The van der Waals surface area contributed by atoms with Gasteiger partial charge in [-0.2, -0.15) is 0 Å². The largest absolute Gasteiger partial charge is 0.490 e. The number of hydrogen-bond acceptors (Lipinski definition) is 5. The van der Waals surface area contributed by atoms with Crippen LogP contribution in [0.25, 0.3) is 0 Å². The molecule has 1 aliphatic heterocycles. The predicted molar refractivity (Wildman–Crippen MR) is 128 cm³/mol. The van der Waals surface area contributed by atoms with Crippen molar-refractivity contribution in [3.05, 3.63) is 48.0 Å². The van der Waals surface area contributed by atoms with Gasteiger partial charge in [0.25, 0.3) is 0 Å². The average molecular weight is 512 g/mol. The zero-order valence-corrected chi connectivity index (χ0v) is 19.2. The van der Waals surface area contributed by atoms with Crippen LogP contribution in [0, 0.1) is 0 Å². The Balaban J connectivity index is 0.00000300. The summed E-state index contributed by atoms with van der Waals surface area (Å²) in [6.45, 7) is 3.50. The highest BCUT2D eigenvalue weighted by atomic mass is 127. The fraction of sp³-hybridized carbons (Fsp3) is 0.381. The first-order valence-electron chi connectivity index (χ1n) is 9.47. The van der Waals surface area contributed by atoms with Gasteiger partial charge in [-0.25, -0.2) is 0 Å². The average Bonchev–Trinajstić information content (AvgIpc) is 2.97. The lowest BCUT2D eigenvalue weighted by molar-refractivity contribution is 0.211. The first-order chi connectivity index (χ1) is 13.8. The van der Waals surface area contributed by atoms with E-state index in [1.165, 1.54) is 5.56 Å². The number of aliphatic imine (C=N–C) groups is 1. The van der Waals surface area contributed by atoms with Crippen LogP contribution in [0.15, 0.2) is 47.5 Å². The normalized spacial score (nSPS) is 13.1. The molecule has 0 unspecified atom stereocenters. The summed E-state index contributed by atoms with van der Waals surface area (Å²) in [4.78, 5) is 4.29. The van der Waals surface area contributed by atoms with Crippen LogP contribution in [0.3, 0.4) is 0 Å². The SMILES string of the molecule is CN=C(NCc1ccc(NCCOC)cc1)Nc1ccc2c(c1)OCCCO2.I. The maximum Gasteiger partial charge on any atom is 0.195 e. The summed E-state index contributed by atoms with van der Waals surface area (Å²) in [6, 6.07) is 14.1. The second kappa shape index (κ2) is 12.4. The molecule has 2 aromatic carbocycles. The maximum absolute atomic E-state index is 5.74. The van der Waals surface area contributed by atoms with Gasteiger partial charge in [-0.1, -0.05) is 12.1 Å². The standard InChI is InChI=1S/C21H28N4O3.HI/c1-22-21(24-15-16-4-6-17(7-5-16)23-10-13-26-2)25-18-8-9-19-20(14-18)28-12-3-11-27-19;/h4-9,14,23H,3,10-13,15H2,1-2H3,(H2,22,24,25);1H. The smallest absolute Gasteiger partial charge is 0.195 e. The van der Waals surface area contributed by atoms with E-state index in [2.05, 4.69) is 45.2 Å². The zero-order chi connectivity index (χ0) is 19.6. The molecule has 0 spiro atoms. The molecule has 1 aliphatic rings. The molecule has 0 saturated carbocycles. The molecule has 0 bridgehead atoms. The minimum Gasteiger partial charge on any atom is -0.490 e. The van der Waals surface area contributed by atoms with E-state index in [-0.39, 0.29) is 24.0 Å². The van der Waals surface area contributed by atoms with E-state index in [4.69, 9.17) is 14.2 Å². The molecule has 29 heavy (non-hydrogen) atoms. The first kappa shape index (κ1) is 23.1. The third-order valence-corrected chi connectivity index (χ3v) is 4.28. The number of fused-ring (bicyclic) bond motifs is 1. The van der Waals surface area contributed by atoms with Crippen LogP contribution >= 0.6 is 24.0 Å². The van der Waals surface area contributed by atoms with Crippen molar-refractivity contribution in [2.75, 3.05) is 51.2 Å². The van der Waals surface area contributed by atoms with Crippen LogP contribution in [-0.2, 0) is 11.3 Å². The van der Waals surface area contributed by atoms with Gasteiger partial charge in [-0.05, 0) is 29.8 Å². The summed E-state index contributed by atoms with van der Waals surface area (Å²) in [5.41, 5.74) is 3.14. The first-order valence-corrected chi connectivity index (χ1v) is 9.47. The lowest BCUT2D eigenvalue weighted by Crippen LogP contribution is -2.30. The number of benzene rings is 2. The van der Waals surface area contributed by atoms with Crippen molar-refractivity contribution in [3.8, 4) is 11.5 Å². The molecule has 0 aromatic heterocycles. The van der Waals surface area contributed by atoms with Crippen LogP contribution in [0.5, 0.6) is 11.5 Å². The minimum atomic E-state index is 0. The topological polar surface area (TPSA) is 76.1 Å². The van der Waals surface area contributed by atoms with Gasteiger partial charge in [0.05, 0.1) is 19.8 Å². The van der Waals surface area contributed by atoms with Crippen LogP contribution < -0.4 is 25.4 Å². The monoisotopic (exact) mass is 512 g/mol. The van der Waals surface area contributed by atoms with Crippen molar-refractivity contribution in [3.63, 3.8) is 0 Å². The predicted octanol–water partition coefficient (Wildman–Crippen LogP) is 3.71. The van der Waals surface area contributed by atoms with Gasteiger partial charge in [0, 0.05) is 51.1 Å². The molecule has 7 nitrogen and oxygen atoms in total. The molecule has 2 aromatic rings. The maximum atomic E-state index is 5.74. The Bertz CT molecular complexity index is 784. The summed E-state index contributed by atoms with van der Waals surface area (Å²) >= 11 is 0. The van der Waals surface area contributed by atoms with Crippen molar-refractivity contribution in [2.45, 2.75) is 13.0 Å². The number of methoxy groups -OCH3 is 1. The molecule has 0 fully saturated rings. The fourth-order valence-corrected chi connectivity index (χ4v) is 2.78. The molecule has 0 aliphatic carbocycles.